The van der Waals surface area contributed by atoms with Crippen molar-refractivity contribution >= 4 is 17.6 Å². The van der Waals surface area contributed by atoms with Crippen LogP contribution in [0.4, 0.5) is 14.6 Å². The van der Waals surface area contributed by atoms with Crippen molar-refractivity contribution in [3.63, 3.8) is 0 Å². The molecule has 4 nitrogen and oxygen atoms in total. The molecule has 0 saturated carbocycles. The highest BCUT2D eigenvalue weighted by Crippen LogP contribution is 2.23. The van der Waals surface area contributed by atoms with Gasteiger partial charge in [0.2, 0.25) is 0 Å². The van der Waals surface area contributed by atoms with Crippen molar-refractivity contribution in [1.29, 1.82) is 0 Å². The lowest BCUT2D eigenvalue weighted by molar-refractivity contribution is 0.437. The van der Waals surface area contributed by atoms with Gasteiger partial charge in [0.05, 0.1) is 0 Å². The van der Waals surface area contributed by atoms with Crippen LogP contribution >= 0.6 is 11.8 Å². The molecule has 0 aliphatic carbocycles. The quantitative estimate of drug-likeness (QED) is 0.467. The maximum atomic E-state index is 13.3. The third kappa shape index (κ3) is 3.58. The van der Waals surface area contributed by atoms with Crippen molar-refractivity contribution in [2.45, 2.75) is 5.03 Å². The van der Waals surface area contributed by atoms with Crippen molar-refractivity contribution in [3.05, 3.63) is 17.7 Å². The van der Waals surface area contributed by atoms with Crippen LogP contribution in [-0.2, 0) is 0 Å². The summed E-state index contributed by atoms with van der Waals surface area (Å²) in [5, 5.41) is 0.149. The molecule has 1 aromatic rings. The Balaban J connectivity index is 2.72. The van der Waals surface area contributed by atoms with E-state index in [0.717, 1.165) is 12.6 Å². The SMILES string of the molecule is CN(C)CCSc1nc(NN)c(F)cc1F. The molecule has 1 aromatic heterocycles. The lowest BCUT2D eigenvalue weighted by Gasteiger charge is -2.09. The minimum atomic E-state index is -0.794. The number of nitrogen functional groups attached to an aromatic ring is 1. The Labute approximate surface area is 97.2 Å². The summed E-state index contributed by atoms with van der Waals surface area (Å²) in [7, 11) is 3.84. The van der Waals surface area contributed by atoms with Gasteiger partial charge in [0.25, 0.3) is 0 Å². The number of rotatable bonds is 5. The average molecular weight is 248 g/mol. The summed E-state index contributed by atoms with van der Waals surface area (Å²) >= 11 is 1.22. The molecule has 0 unspecified atom stereocenters. The lowest BCUT2D eigenvalue weighted by Crippen LogP contribution is -2.15. The molecule has 0 aliphatic heterocycles. The molecule has 0 radical (unpaired) electrons. The second-order valence-electron chi connectivity index (χ2n) is 3.40. The van der Waals surface area contributed by atoms with Gasteiger partial charge in [0.15, 0.2) is 17.5 Å². The number of nitrogens with zero attached hydrogens (tertiary/aromatic N) is 2. The van der Waals surface area contributed by atoms with Crippen LogP contribution < -0.4 is 11.3 Å². The van der Waals surface area contributed by atoms with Crippen LogP contribution in [0.3, 0.4) is 0 Å². The van der Waals surface area contributed by atoms with Gasteiger partial charge in [0, 0.05) is 18.4 Å². The summed E-state index contributed by atoms with van der Waals surface area (Å²) in [4.78, 5) is 5.71. The highest BCUT2D eigenvalue weighted by molar-refractivity contribution is 7.99. The highest BCUT2D eigenvalue weighted by Gasteiger charge is 2.11. The molecule has 0 bridgehead atoms. The number of aromatic nitrogens is 1. The number of thioether (sulfide) groups is 1. The summed E-state index contributed by atoms with van der Waals surface area (Å²) in [5.41, 5.74) is 2.09. The van der Waals surface area contributed by atoms with E-state index in [1.54, 1.807) is 0 Å². The number of nitrogens with one attached hydrogen (secondary N) is 1. The second-order valence-corrected chi connectivity index (χ2v) is 4.49. The number of pyridine rings is 1. The van der Waals surface area contributed by atoms with E-state index >= 15 is 0 Å². The molecule has 0 aromatic carbocycles. The fourth-order valence-electron chi connectivity index (χ4n) is 0.977. The van der Waals surface area contributed by atoms with Gasteiger partial charge in [-0.25, -0.2) is 19.6 Å². The van der Waals surface area contributed by atoms with Crippen molar-refractivity contribution in [3.8, 4) is 0 Å². The van der Waals surface area contributed by atoms with Crippen LogP contribution in [0.2, 0.25) is 0 Å². The molecule has 0 aliphatic rings. The first kappa shape index (κ1) is 13.1. The Morgan fingerprint density at radius 1 is 1.44 bits per heavy atom. The summed E-state index contributed by atoms with van der Waals surface area (Å²) in [6.45, 7) is 0.786. The van der Waals surface area contributed by atoms with E-state index in [0.29, 0.717) is 5.75 Å². The van der Waals surface area contributed by atoms with Crippen molar-refractivity contribution in [2.75, 3.05) is 31.8 Å². The van der Waals surface area contributed by atoms with E-state index in [1.807, 2.05) is 19.0 Å². The van der Waals surface area contributed by atoms with Gasteiger partial charge < -0.3 is 10.3 Å². The Hall–Kier alpha value is -0.920. The van der Waals surface area contributed by atoms with Gasteiger partial charge >= 0.3 is 0 Å². The third-order valence-electron chi connectivity index (χ3n) is 1.81. The maximum Gasteiger partial charge on any atom is 0.177 e. The molecule has 1 rings (SSSR count). The molecule has 0 amide bonds. The summed E-state index contributed by atoms with van der Waals surface area (Å²) < 4.78 is 26.3. The minimum absolute atomic E-state index is 0.145. The molecular weight excluding hydrogens is 234 g/mol. The third-order valence-corrected chi connectivity index (χ3v) is 2.76. The fourth-order valence-corrected chi connectivity index (χ4v) is 1.98. The molecular formula is C9H14F2N4S. The zero-order valence-corrected chi connectivity index (χ0v) is 9.94. The molecule has 0 saturated heterocycles. The van der Waals surface area contributed by atoms with E-state index in [9.17, 15) is 8.78 Å². The topological polar surface area (TPSA) is 54.2 Å². The van der Waals surface area contributed by atoms with Crippen molar-refractivity contribution < 1.29 is 8.78 Å². The van der Waals surface area contributed by atoms with E-state index in [-0.39, 0.29) is 10.8 Å². The summed E-state index contributed by atoms with van der Waals surface area (Å²) in [5.74, 6) is 4.12. The lowest BCUT2D eigenvalue weighted by atomic mass is 10.4. The number of hydrogen-bond acceptors (Lipinski definition) is 5. The zero-order valence-electron chi connectivity index (χ0n) is 9.13. The van der Waals surface area contributed by atoms with Gasteiger partial charge in [-0.3, -0.25) is 0 Å². The predicted octanol–water partition coefficient (Wildman–Crippen LogP) is 1.30. The molecule has 3 N–H and O–H groups in total. The first-order valence-electron chi connectivity index (χ1n) is 4.64. The summed E-state index contributed by atoms with van der Waals surface area (Å²) in [6.07, 6.45) is 0. The van der Waals surface area contributed by atoms with Gasteiger partial charge in [-0.2, -0.15) is 0 Å². The van der Waals surface area contributed by atoms with E-state index in [4.69, 9.17) is 5.84 Å². The first-order valence-corrected chi connectivity index (χ1v) is 5.63. The largest absolute Gasteiger partial charge is 0.309 e. The molecule has 7 heteroatoms. The number of anilines is 1. The van der Waals surface area contributed by atoms with Gasteiger partial charge in [-0.15, -0.1) is 11.8 Å². The standard InChI is InChI=1S/C9H14F2N4S/c1-15(2)3-4-16-9-7(11)5-6(10)8(13-9)14-12/h5H,3-4,12H2,1-2H3,(H,13,14). The Kier molecular flexibility index (Phi) is 4.91. The molecule has 90 valence electrons. The molecule has 0 spiro atoms. The van der Waals surface area contributed by atoms with Crippen LogP contribution in [0.25, 0.3) is 0 Å². The van der Waals surface area contributed by atoms with Gasteiger partial charge in [-0.05, 0) is 14.1 Å². The monoisotopic (exact) mass is 248 g/mol. The highest BCUT2D eigenvalue weighted by atomic mass is 32.2. The van der Waals surface area contributed by atoms with Crippen LogP contribution in [0.5, 0.6) is 0 Å². The maximum absolute atomic E-state index is 13.3. The summed E-state index contributed by atoms with van der Waals surface area (Å²) in [6, 6.07) is 0.778. The average Bonchev–Trinajstić information content (AvgIpc) is 2.20. The van der Waals surface area contributed by atoms with Gasteiger partial charge in [0.1, 0.15) is 5.03 Å². The van der Waals surface area contributed by atoms with Crippen LogP contribution in [0.15, 0.2) is 11.1 Å². The number of nitrogens with two attached hydrogens (primary N) is 1. The Bertz CT molecular complexity index is 360. The van der Waals surface area contributed by atoms with Gasteiger partial charge in [-0.1, -0.05) is 0 Å². The first-order chi connectivity index (χ1) is 7.54. The van der Waals surface area contributed by atoms with Crippen LogP contribution in [0.1, 0.15) is 0 Å². The smallest absolute Gasteiger partial charge is 0.177 e. The predicted molar refractivity (Wildman–Crippen MR) is 61.2 cm³/mol. The Morgan fingerprint density at radius 3 is 2.69 bits per heavy atom. The fraction of sp³-hybridized carbons (Fsp3) is 0.444. The van der Waals surface area contributed by atoms with E-state index in [2.05, 4.69) is 10.4 Å². The van der Waals surface area contributed by atoms with Crippen molar-refractivity contribution in [1.82, 2.24) is 9.88 Å². The van der Waals surface area contributed by atoms with E-state index < -0.39 is 11.6 Å². The minimum Gasteiger partial charge on any atom is -0.309 e. The van der Waals surface area contributed by atoms with E-state index in [1.165, 1.54) is 11.8 Å². The van der Waals surface area contributed by atoms with Crippen LogP contribution in [-0.4, -0.2) is 36.3 Å². The van der Waals surface area contributed by atoms with Crippen molar-refractivity contribution in [2.24, 2.45) is 5.84 Å². The zero-order chi connectivity index (χ0) is 12.1. The molecule has 1 heterocycles. The number of hydrazine groups is 1. The normalized spacial score (nSPS) is 10.9. The second kappa shape index (κ2) is 5.97. The van der Waals surface area contributed by atoms with Crippen LogP contribution in [0, 0.1) is 11.6 Å². The molecule has 0 atom stereocenters. The number of hydrogen-bond donors (Lipinski definition) is 2. The Morgan fingerprint density at radius 2 is 2.12 bits per heavy atom. The molecule has 16 heavy (non-hydrogen) atoms. The molecule has 0 fully saturated rings. The number of halogens is 2.